The second-order valence-corrected chi connectivity index (χ2v) is 4.82. The van der Waals surface area contributed by atoms with Crippen LogP contribution in [-0.4, -0.2) is 30.6 Å². The molecule has 2 rings (SSSR count). The number of ether oxygens (including phenoxy) is 1. The number of rotatable bonds is 5. The molecule has 1 atom stereocenters. The number of anilines is 1. The van der Waals surface area contributed by atoms with Crippen molar-refractivity contribution in [1.82, 2.24) is 4.90 Å². The highest BCUT2D eigenvalue weighted by molar-refractivity contribution is 5.59. The van der Waals surface area contributed by atoms with Crippen LogP contribution < -0.4 is 10.1 Å². The van der Waals surface area contributed by atoms with Gasteiger partial charge in [-0.3, -0.25) is 4.90 Å². The number of benzene rings is 1. The van der Waals surface area contributed by atoms with Crippen LogP contribution in [-0.2, 0) is 6.54 Å². The maximum absolute atomic E-state index is 5.92. The van der Waals surface area contributed by atoms with E-state index in [-0.39, 0.29) is 0 Å². The topological polar surface area (TPSA) is 24.5 Å². The van der Waals surface area contributed by atoms with E-state index in [1.54, 1.807) is 0 Å². The zero-order valence-corrected chi connectivity index (χ0v) is 11.7. The van der Waals surface area contributed by atoms with Crippen molar-refractivity contribution < 1.29 is 4.74 Å². The van der Waals surface area contributed by atoms with Gasteiger partial charge in [0, 0.05) is 6.54 Å². The third kappa shape index (κ3) is 2.96. The normalized spacial score (nSPS) is 18.1. The van der Waals surface area contributed by atoms with E-state index in [4.69, 9.17) is 4.74 Å². The molecule has 3 heteroatoms. The second-order valence-electron chi connectivity index (χ2n) is 4.82. The van der Waals surface area contributed by atoms with Gasteiger partial charge in [-0.2, -0.15) is 0 Å². The first-order chi connectivity index (χ1) is 8.76. The highest BCUT2D eigenvalue weighted by Crippen LogP contribution is 2.30. The van der Waals surface area contributed by atoms with Gasteiger partial charge in [0.1, 0.15) is 11.9 Å². The molecule has 0 bridgehead atoms. The van der Waals surface area contributed by atoms with Gasteiger partial charge in [-0.15, -0.1) is 0 Å². The first-order valence-corrected chi connectivity index (χ1v) is 7.02. The molecule has 1 aromatic carbocycles. The van der Waals surface area contributed by atoms with Crippen LogP contribution in [0.4, 0.5) is 5.69 Å². The highest BCUT2D eigenvalue weighted by atomic mass is 16.5. The number of fused-ring (bicyclic) bond motifs is 1. The summed E-state index contributed by atoms with van der Waals surface area (Å²) in [5.41, 5.74) is 2.49. The Kier molecular flexibility index (Phi) is 4.48. The Balaban J connectivity index is 2.08. The molecule has 1 aliphatic heterocycles. The van der Waals surface area contributed by atoms with Crippen LogP contribution in [0.1, 0.15) is 32.8 Å². The standard InChI is InChI=1S/C15H24N2O/c1-4-13-10-16-14-9-12(7-8-15(14)18-13)11-17(5-2)6-3/h7-9,13,16H,4-6,10-11H2,1-3H3. The van der Waals surface area contributed by atoms with Crippen LogP contribution in [0.25, 0.3) is 0 Å². The lowest BCUT2D eigenvalue weighted by atomic mass is 10.1. The zero-order chi connectivity index (χ0) is 13.0. The molecule has 0 spiro atoms. The van der Waals surface area contributed by atoms with Gasteiger partial charge >= 0.3 is 0 Å². The van der Waals surface area contributed by atoms with Gasteiger partial charge in [0.15, 0.2) is 0 Å². The van der Waals surface area contributed by atoms with E-state index in [0.717, 1.165) is 44.0 Å². The van der Waals surface area contributed by atoms with Crippen molar-refractivity contribution >= 4 is 5.69 Å². The van der Waals surface area contributed by atoms with Gasteiger partial charge in [0.05, 0.1) is 12.2 Å². The summed E-state index contributed by atoms with van der Waals surface area (Å²) in [5, 5.41) is 3.47. The van der Waals surface area contributed by atoms with Crippen LogP contribution in [0, 0.1) is 0 Å². The van der Waals surface area contributed by atoms with Crippen LogP contribution >= 0.6 is 0 Å². The van der Waals surface area contributed by atoms with Gasteiger partial charge in [-0.05, 0) is 37.2 Å². The maximum Gasteiger partial charge on any atom is 0.142 e. The van der Waals surface area contributed by atoms with E-state index in [1.807, 2.05) is 0 Å². The molecule has 0 aliphatic carbocycles. The van der Waals surface area contributed by atoms with Crippen LogP contribution in [0.15, 0.2) is 18.2 Å². The van der Waals surface area contributed by atoms with E-state index in [0.29, 0.717) is 6.10 Å². The van der Waals surface area contributed by atoms with Crippen molar-refractivity contribution in [3.8, 4) is 5.75 Å². The molecule has 100 valence electrons. The van der Waals surface area contributed by atoms with Crippen molar-refractivity contribution in [1.29, 1.82) is 0 Å². The minimum atomic E-state index is 0.311. The summed E-state index contributed by atoms with van der Waals surface area (Å²) in [4.78, 5) is 2.42. The molecule has 0 fully saturated rings. The van der Waals surface area contributed by atoms with Gasteiger partial charge in [-0.1, -0.05) is 26.8 Å². The minimum Gasteiger partial charge on any atom is -0.486 e. The summed E-state index contributed by atoms with van der Waals surface area (Å²) in [6.45, 7) is 10.7. The van der Waals surface area contributed by atoms with Crippen molar-refractivity contribution in [2.45, 2.75) is 39.8 Å². The summed E-state index contributed by atoms with van der Waals surface area (Å²) in [6, 6.07) is 6.50. The lowest BCUT2D eigenvalue weighted by Crippen LogP contribution is -2.30. The Hall–Kier alpha value is -1.22. The van der Waals surface area contributed by atoms with Crippen molar-refractivity contribution in [2.24, 2.45) is 0 Å². The van der Waals surface area contributed by atoms with Crippen LogP contribution in [0.2, 0.25) is 0 Å². The predicted octanol–water partition coefficient (Wildman–Crippen LogP) is 3.11. The predicted molar refractivity (Wildman–Crippen MR) is 76.3 cm³/mol. The second kappa shape index (κ2) is 6.10. The SMILES string of the molecule is CCC1CNc2cc(CN(CC)CC)ccc2O1. The molecule has 1 aromatic rings. The third-order valence-electron chi connectivity index (χ3n) is 3.61. The number of nitrogens with one attached hydrogen (secondary N) is 1. The average Bonchev–Trinajstić information content (AvgIpc) is 2.44. The monoisotopic (exact) mass is 248 g/mol. The van der Waals surface area contributed by atoms with Crippen LogP contribution in [0.3, 0.4) is 0 Å². The van der Waals surface area contributed by atoms with Gasteiger partial charge in [0.25, 0.3) is 0 Å². The molecular formula is C15H24N2O. The third-order valence-corrected chi connectivity index (χ3v) is 3.61. The first kappa shape index (κ1) is 13.2. The number of nitrogens with zero attached hydrogens (tertiary/aromatic N) is 1. The summed E-state index contributed by atoms with van der Waals surface area (Å²) >= 11 is 0. The fourth-order valence-electron chi connectivity index (χ4n) is 2.29. The minimum absolute atomic E-state index is 0.311. The highest BCUT2D eigenvalue weighted by Gasteiger charge is 2.17. The Morgan fingerprint density at radius 1 is 1.28 bits per heavy atom. The molecule has 0 saturated heterocycles. The summed E-state index contributed by atoms with van der Waals surface area (Å²) in [6.07, 6.45) is 1.36. The molecule has 0 radical (unpaired) electrons. The van der Waals surface area contributed by atoms with Crippen molar-refractivity contribution in [3.63, 3.8) is 0 Å². The fraction of sp³-hybridized carbons (Fsp3) is 0.600. The average molecular weight is 248 g/mol. The number of hydrogen-bond acceptors (Lipinski definition) is 3. The van der Waals surface area contributed by atoms with Gasteiger partial charge < -0.3 is 10.1 Å². The molecule has 1 unspecified atom stereocenters. The number of hydrogen-bond donors (Lipinski definition) is 1. The molecule has 0 saturated carbocycles. The Labute approximate surface area is 110 Å². The molecule has 3 nitrogen and oxygen atoms in total. The van der Waals surface area contributed by atoms with Crippen LogP contribution in [0.5, 0.6) is 5.75 Å². The summed E-state index contributed by atoms with van der Waals surface area (Å²) in [7, 11) is 0. The van der Waals surface area contributed by atoms with E-state index < -0.39 is 0 Å². The van der Waals surface area contributed by atoms with E-state index in [2.05, 4.69) is 49.2 Å². The summed E-state index contributed by atoms with van der Waals surface area (Å²) in [5.74, 6) is 0.997. The Bertz CT molecular complexity index is 388. The smallest absolute Gasteiger partial charge is 0.142 e. The largest absolute Gasteiger partial charge is 0.486 e. The Morgan fingerprint density at radius 2 is 2.06 bits per heavy atom. The van der Waals surface area contributed by atoms with Crippen molar-refractivity contribution in [2.75, 3.05) is 25.0 Å². The molecule has 18 heavy (non-hydrogen) atoms. The molecule has 0 amide bonds. The fourth-order valence-corrected chi connectivity index (χ4v) is 2.29. The lowest BCUT2D eigenvalue weighted by Gasteiger charge is -2.27. The zero-order valence-electron chi connectivity index (χ0n) is 11.7. The molecule has 1 N–H and O–H groups in total. The van der Waals surface area contributed by atoms with Gasteiger partial charge in [-0.25, -0.2) is 0 Å². The van der Waals surface area contributed by atoms with E-state index in [1.165, 1.54) is 5.56 Å². The summed E-state index contributed by atoms with van der Waals surface area (Å²) < 4.78 is 5.92. The van der Waals surface area contributed by atoms with Crippen molar-refractivity contribution in [3.05, 3.63) is 23.8 Å². The maximum atomic E-state index is 5.92. The van der Waals surface area contributed by atoms with E-state index in [9.17, 15) is 0 Å². The quantitative estimate of drug-likeness (QED) is 0.866. The molecule has 0 aromatic heterocycles. The molecular weight excluding hydrogens is 224 g/mol. The Morgan fingerprint density at radius 3 is 2.72 bits per heavy atom. The molecule has 1 aliphatic rings. The van der Waals surface area contributed by atoms with Gasteiger partial charge in [0.2, 0.25) is 0 Å². The molecule has 1 heterocycles. The lowest BCUT2D eigenvalue weighted by molar-refractivity contribution is 0.201. The van der Waals surface area contributed by atoms with E-state index >= 15 is 0 Å². The first-order valence-electron chi connectivity index (χ1n) is 7.02.